The second kappa shape index (κ2) is 7.67. The lowest BCUT2D eigenvalue weighted by Gasteiger charge is -2.15. The lowest BCUT2D eigenvalue weighted by Crippen LogP contribution is -2.31. The third-order valence-electron chi connectivity index (χ3n) is 4.56. The fraction of sp³-hybridized carbons (Fsp3) is 0.647. The maximum atomic E-state index is 12.2. The van der Waals surface area contributed by atoms with E-state index in [9.17, 15) is 4.79 Å². The van der Waals surface area contributed by atoms with Crippen molar-refractivity contribution in [2.45, 2.75) is 65.5 Å². The van der Waals surface area contributed by atoms with Crippen LogP contribution in [0.2, 0.25) is 0 Å². The zero-order valence-electron chi connectivity index (χ0n) is 15.2. The average molecular weight is 345 g/mol. The predicted molar refractivity (Wildman–Crippen MR) is 95.6 cm³/mol. The maximum absolute atomic E-state index is 12.2. The lowest BCUT2D eigenvalue weighted by molar-refractivity contribution is 0.251. The summed E-state index contributed by atoms with van der Waals surface area (Å²) < 4.78 is 3.84. The minimum absolute atomic E-state index is 0.189. The molecular weight excluding hydrogens is 318 g/mol. The molecule has 0 saturated heterocycles. The van der Waals surface area contributed by atoms with Gasteiger partial charge in [0.1, 0.15) is 17.5 Å². The van der Waals surface area contributed by atoms with Gasteiger partial charge in [0.05, 0.1) is 11.7 Å². The quantitative estimate of drug-likeness (QED) is 0.788. The zero-order valence-corrected chi connectivity index (χ0v) is 15.2. The number of nitrogens with zero attached hydrogens (tertiary/aromatic N) is 5. The Morgan fingerprint density at radius 1 is 1.24 bits per heavy atom. The summed E-state index contributed by atoms with van der Waals surface area (Å²) in [4.78, 5) is 16.4. The molecule has 2 aromatic rings. The van der Waals surface area contributed by atoms with Crippen LogP contribution in [0, 0.1) is 20.8 Å². The number of rotatable bonds is 6. The topological polar surface area (TPSA) is 89.7 Å². The average Bonchev–Trinajstić information content (AvgIpc) is 3.25. The SMILES string of the molecule is Cc1cc(NC(=O)NCCCn2nc(C)nc2C)n(C2CCCC2)n1. The number of amides is 2. The van der Waals surface area contributed by atoms with Crippen LogP contribution < -0.4 is 10.6 Å². The lowest BCUT2D eigenvalue weighted by atomic mass is 10.2. The molecule has 25 heavy (non-hydrogen) atoms. The van der Waals surface area contributed by atoms with Crippen molar-refractivity contribution in [3.63, 3.8) is 0 Å². The van der Waals surface area contributed by atoms with Gasteiger partial charge in [0.2, 0.25) is 0 Å². The van der Waals surface area contributed by atoms with Crippen molar-refractivity contribution in [3.8, 4) is 0 Å². The molecule has 0 unspecified atom stereocenters. The number of aryl methyl sites for hydroxylation is 4. The summed E-state index contributed by atoms with van der Waals surface area (Å²) in [5.74, 6) is 2.46. The first-order valence-corrected chi connectivity index (χ1v) is 9.02. The van der Waals surface area contributed by atoms with Crippen molar-refractivity contribution in [3.05, 3.63) is 23.4 Å². The van der Waals surface area contributed by atoms with Crippen LogP contribution in [0.5, 0.6) is 0 Å². The highest BCUT2D eigenvalue weighted by Crippen LogP contribution is 2.31. The Balaban J connectivity index is 1.47. The standard InChI is InChI=1S/C17H27N7O/c1-12-11-16(24(21-12)15-7-4-5-8-15)20-17(25)18-9-6-10-23-14(3)19-13(2)22-23/h11,15H,4-10H2,1-3H3,(H2,18,20,25). The Morgan fingerprint density at radius 2 is 2.00 bits per heavy atom. The summed E-state index contributed by atoms with van der Waals surface area (Å²) in [6.07, 6.45) is 5.53. The number of carbonyl (C=O) groups excluding carboxylic acids is 1. The van der Waals surface area contributed by atoms with Crippen molar-refractivity contribution in [1.82, 2.24) is 29.9 Å². The van der Waals surface area contributed by atoms with Gasteiger partial charge in [-0.15, -0.1) is 0 Å². The molecule has 0 atom stereocenters. The highest BCUT2D eigenvalue weighted by molar-refractivity contribution is 5.88. The molecule has 136 valence electrons. The molecule has 0 radical (unpaired) electrons. The maximum Gasteiger partial charge on any atom is 0.320 e. The van der Waals surface area contributed by atoms with Crippen LogP contribution in [0.4, 0.5) is 10.6 Å². The molecule has 0 aromatic carbocycles. The molecule has 2 N–H and O–H groups in total. The summed E-state index contributed by atoms with van der Waals surface area (Å²) in [5, 5.41) is 14.7. The Hall–Kier alpha value is -2.38. The van der Waals surface area contributed by atoms with Crippen LogP contribution in [-0.2, 0) is 6.54 Å². The summed E-state index contributed by atoms with van der Waals surface area (Å²) in [6, 6.07) is 2.15. The molecule has 2 heterocycles. The van der Waals surface area contributed by atoms with Gasteiger partial charge < -0.3 is 5.32 Å². The Labute approximate surface area is 148 Å². The van der Waals surface area contributed by atoms with Crippen molar-refractivity contribution in [1.29, 1.82) is 0 Å². The van der Waals surface area contributed by atoms with Gasteiger partial charge in [-0.1, -0.05) is 12.8 Å². The molecule has 8 heteroatoms. The number of hydrogen-bond acceptors (Lipinski definition) is 4. The van der Waals surface area contributed by atoms with Gasteiger partial charge >= 0.3 is 6.03 Å². The summed E-state index contributed by atoms with van der Waals surface area (Å²) in [5.41, 5.74) is 0.930. The molecule has 0 spiro atoms. The zero-order chi connectivity index (χ0) is 17.8. The first-order chi connectivity index (χ1) is 12.0. The van der Waals surface area contributed by atoms with E-state index >= 15 is 0 Å². The van der Waals surface area contributed by atoms with E-state index in [4.69, 9.17) is 0 Å². The first kappa shape index (κ1) is 17.4. The number of anilines is 1. The molecule has 3 rings (SSSR count). The van der Waals surface area contributed by atoms with Gasteiger partial charge in [-0.25, -0.2) is 14.5 Å². The van der Waals surface area contributed by atoms with Crippen LogP contribution in [0.25, 0.3) is 0 Å². The van der Waals surface area contributed by atoms with Crippen molar-refractivity contribution in [2.75, 3.05) is 11.9 Å². The van der Waals surface area contributed by atoms with E-state index in [0.29, 0.717) is 12.6 Å². The summed E-state index contributed by atoms with van der Waals surface area (Å²) in [7, 11) is 0. The van der Waals surface area contributed by atoms with Gasteiger partial charge in [-0.3, -0.25) is 10.00 Å². The number of urea groups is 1. The second-order valence-electron chi connectivity index (χ2n) is 6.72. The normalized spacial score (nSPS) is 14.8. The number of nitrogens with one attached hydrogen (secondary N) is 2. The third-order valence-corrected chi connectivity index (χ3v) is 4.56. The number of aromatic nitrogens is 5. The fourth-order valence-corrected chi connectivity index (χ4v) is 3.40. The third kappa shape index (κ3) is 4.37. The molecule has 1 fully saturated rings. The van der Waals surface area contributed by atoms with E-state index in [1.54, 1.807) is 0 Å². The smallest absolute Gasteiger partial charge is 0.320 e. The van der Waals surface area contributed by atoms with Gasteiger partial charge in [0.15, 0.2) is 0 Å². The summed E-state index contributed by atoms with van der Waals surface area (Å²) >= 11 is 0. The molecule has 8 nitrogen and oxygen atoms in total. The van der Waals surface area contributed by atoms with Crippen molar-refractivity contribution < 1.29 is 4.79 Å². The van der Waals surface area contributed by atoms with Crippen molar-refractivity contribution >= 4 is 11.8 Å². The van der Waals surface area contributed by atoms with E-state index in [2.05, 4.69) is 25.8 Å². The Bertz CT molecular complexity index is 727. The van der Waals surface area contributed by atoms with Gasteiger partial charge in [0, 0.05) is 19.2 Å². The molecule has 1 aliphatic rings. The van der Waals surface area contributed by atoms with E-state index in [0.717, 1.165) is 49.0 Å². The molecular formula is C17H27N7O. The molecule has 2 aromatic heterocycles. The Morgan fingerprint density at radius 3 is 2.68 bits per heavy atom. The van der Waals surface area contributed by atoms with Crippen LogP contribution >= 0.6 is 0 Å². The van der Waals surface area contributed by atoms with Crippen LogP contribution in [-0.4, -0.2) is 37.1 Å². The highest BCUT2D eigenvalue weighted by atomic mass is 16.2. The highest BCUT2D eigenvalue weighted by Gasteiger charge is 2.21. The van der Waals surface area contributed by atoms with Crippen molar-refractivity contribution in [2.24, 2.45) is 0 Å². The fourth-order valence-electron chi connectivity index (χ4n) is 3.40. The number of carbonyl (C=O) groups is 1. The van der Waals surface area contributed by atoms with Gasteiger partial charge in [-0.05, 0) is 40.0 Å². The second-order valence-corrected chi connectivity index (χ2v) is 6.72. The molecule has 1 saturated carbocycles. The van der Waals surface area contributed by atoms with Crippen LogP contribution in [0.3, 0.4) is 0 Å². The minimum atomic E-state index is -0.189. The monoisotopic (exact) mass is 345 g/mol. The van der Waals surface area contributed by atoms with Crippen LogP contribution in [0.15, 0.2) is 6.07 Å². The summed E-state index contributed by atoms with van der Waals surface area (Å²) in [6.45, 7) is 7.10. The van der Waals surface area contributed by atoms with E-state index in [1.807, 2.05) is 36.2 Å². The largest absolute Gasteiger partial charge is 0.338 e. The Kier molecular flexibility index (Phi) is 5.35. The minimum Gasteiger partial charge on any atom is -0.338 e. The molecule has 1 aliphatic carbocycles. The van der Waals surface area contributed by atoms with E-state index in [1.165, 1.54) is 12.8 Å². The van der Waals surface area contributed by atoms with Gasteiger partial charge in [0.25, 0.3) is 0 Å². The number of hydrogen-bond donors (Lipinski definition) is 2. The first-order valence-electron chi connectivity index (χ1n) is 9.02. The van der Waals surface area contributed by atoms with Crippen LogP contribution in [0.1, 0.15) is 55.5 Å². The van der Waals surface area contributed by atoms with E-state index in [-0.39, 0.29) is 6.03 Å². The molecule has 0 bridgehead atoms. The van der Waals surface area contributed by atoms with Gasteiger partial charge in [-0.2, -0.15) is 10.2 Å². The molecule has 0 aliphatic heterocycles. The predicted octanol–water partition coefficient (Wildman–Crippen LogP) is 2.73. The van der Waals surface area contributed by atoms with E-state index < -0.39 is 0 Å². The molecule has 2 amide bonds.